The molecule has 5 heteroatoms. The molecular formula is C15H12BrClN2O. The fraction of sp³-hybridized carbons (Fsp3) is 0.133. The number of halogens is 2. The summed E-state index contributed by atoms with van der Waals surface area (Å²) in [6.07, 6.45) is 0. The first-order valence-corrected chi connectivity index (χ1v) is 7.46. The third kappa shape index (κ3) is 2.41. The van der Waals surface area contributed by atoms with E-state index < -0.39 is 0 Å². The first-order valence-electron chi connectivity index (χ1n) is 6.16. The monoisotopic (exact) mass is 350 g/mol. The predicted octanol–water partition coefficient (Wildman–Crippen LogP) is 4.30. The first-order chi connectivity index (χ1) is 9.54. The fourth-order valence-electron chi connectivity index (χ4n) is 2.31. The summed E-state index contributed by atoms with van der Waals surface area (Å²) in [6.45, 7) is 2.03. The molecule has 102 valence electrons. The van der Waals surface area contributed by atoms with Gasteiger partial charge in [0.05, 0.1) is 15.9 Å². The van der Waals surface area contributed by atoms with Crippen LogP contribution >= 0.6 is 27.5 Å². The van der Waals surface area contributed by atoms with Gasteiger partial charge in [-0.3, -0.25) is 0 Å². The molecule has 0 amide bonds. The average Bonchev–Trinajstić information content (AvgIpc) is 2.77. The SMILES string of the molecule is Cc1cc(Cl)ccc1C(Br)c1ccc2[nH]c(=O)[nH]c2c1. The van der Waals surface area contributed by atoms with E-state index in [0.717, 1.165) is 32.7 Å². The number of alkyl halides is 1. The van der Waals surface area contributed by atoms with Gasteiger partial charge in [-0.05, 0) is 47.9 Å². The number of rotatable bonds is 2. The van der Waals surface area contributed by atoms with Crippen molar-refractivity contribution in [3.8, 4) is 0 Å². The van der Waals surface area contributed by atoms with Crippen molar-refractivity contribution in [3.05, 3.63) is 68.6 Å². The number of hydrogen-bond donors (Lipinski definition) is 2. The highest BCUT2D eigenvalue weighted by atomic mass is 79.9. The molecule has 1 aromatic heterocycles. The van der Waals surface area contributed by atoms with Crippen LogP contribution in [0.1, 0.15) is 21.5 Å². The third-order valence-corrected chi connectivity index (χ3v) is 4.59. The molecule has 0 aliphatic heterocycles. The number of aryl methyl sites for hydroxylation is 1. The van der Waals surface area contributed by atoms with Gasteiger partial charge in [0.25, 0.3) is 0 Å². The molecule has 20 heavy (non-hydrogen) atoms. The zero-order chi connectivity index (χ0) is 14.3. The molecule has 0 spiro atoms. The highest BCUT2D eigenvalue weighted by Gasteiger charge is 2.14. The standard InChI is InChI=1S/C15H12BrClN2O/c1-8-6-10(17)3-4-11(8)14(16)9-2-5-12-13(7-9)19-15(20)18-12/h2-7,14H,1H3,(H2,18,19,20). The molecule has 0 aliphatic carbocycles. The molecular weight excluding hydrogens is 340 g/mol. The van der Waals surface area contributed by atoms with Crippen LogP contribution in [-0.2, 0) is 0 Å². The van der Waals surface area contributed by atoms with Crippen molar-refractivity contribution in [2.45, 2.75) is 11.8 Å². The zero-order valence-corrected chi connectivity index (χ0v) is 13.0. The van der Waals surface area contributed by atoms with E-state index in [2.05, 4.69) is 25.9 Å². The Morgan fingerprint density at radius 2 is 1.85 bits per heavy atom. The van der Waals surface area contributed by atoms with Crippen molar-refractivity contribution in [2.75, 3.05) is 0 Å². The molecule has 0 aliphatic rings. The summed E-state index contributed by atoms with van der Waals surface area (Å²) in [7, 11) is 0. The van der Waals surface area contributed by atoms with Crippen molar-refractivity contribution >= 4 is 38.6 Å². The van der Waals surface area contributed by atoms with Crippen LogP contribution < -0.4 is 5.69 Å². The molecule has 0 bridgehead atoms. The van der Waals surface area contributed by atoms with Crippen LogP contribution in [0.4, 0.5) is 0 Å². The zero-order valence-electron chi connectivity index (χ0n) is 10.7. The summed E-state index contributed by atoms with van der Waals surface area (Å²) in [4.78, 5) is 16.9. The molecule has 2 aromatic carbocycles. The number of benzene rings is 2. The molecule has 3 aromatic rings. The van der Waals surface area contributed by atoms with E-state index in [4.69, 9.17) is 11.6 Å². The molecule has 3 rings (SSSR count). The van der Waals surface area contributed by atoms with Crippen molar-refractivity contribution < 1.29 is 0 Å². The Labute approximate surface area is 129 Å². The Hall–Kier alpha value is -1.52. The second-order valence-corrected chi connectivity index (χ2v) is 6.10. The molecule has 0 radical (unpaired) electrons. The van der Waals surface area contributed by atoms with Gasteiger partial charge in [0.1, 0.15) is 0 Å². The van der Waals surface area contributed by atoms with Crippen molar-refractivity contribution in [3.63, 3.8) is 0 Å². The Morgan fingerprint density at radius 1 is 1.10 bits per heavy atom. The van der Waals surface area contributed by atoms with Gasteiger partial charge in [-0.25, -0.2) is 4.79 Å². The molecule has 1 atom stereocenters. The fourth-order valence-corrected chi connectivity index (χ4v) is 3.34. The molecule has 3 nitrogen and oxygen atoms in total. The Kier molecular flexibility index (Phi) is 3.44. The minimum atomic E-state index is -0.189. The average molecular weight is 352 g/mol. The van der Waals surface area contributed by atoms with Crippen LogP contribution in [0.3, 0.4) is 0 Å². The van der Waals surface area contributed by atoms with Crippen molar-refractivity contribution in [1.82, 2.24) is 9.97 Å². The summed E-state index contributed by atoms with van der Waals surface area (Å²) in [5.41, 5.74) is 4.80. The second kappa shape index (κ2) is 5.11. The van der Waals surface area contributed by atoms with E-state index in [-0.39, 0.29) is 10.5 Å². The maximum absolute atomic E-state index is 11.3. The number of hydrogen-bond acceptors (Lipinski definition) is 1. The van der Waals surface area contributed by atoms with Gasteiger partial charge >= 0.3 is 5.69 Å². The molecule has 2 N–H and O–H groups in total. The smallest absolute Gasteiger partial charge is 0.306 e. The van der Waals surface area contributed by atoms with Crippen LogP contribution in [0.2, 0.25) is 5.02 Å². The summed E-state index contributed by atoms with van der Waals surface area (Å²) in [5, 5.41) is 0.733. The van der Waals surface area contributed by atoms with E-state index in [1.54, 1.807) is 0 Å². The number of imidazole rings is 1. The summed E-state index contributed by atoms with van der Waals surface area (Å²) >= 11 is 9.71. The lowest BCUT2D eigenvalue weighted by Crippen LogP contribution is -1.99. The highest BCUT2D eigenvalue weighted by Crippen LogP contribution is 2.34. The summed E-state index contributed by atoms with van der Waals surface area (Å²) < 4.78 is 0. The van der Waals surface area contributed by atoms with Gasteiger partial charge in [-0.15, -0.1) is 0 Å². The number of H-pyrrole nitrogens is 2. The van der Waals surface area contributed by atoms with Crippen molar-refractivity contribution in [2.24, 2.45) is 0 Å². The van der Waals surface area contributed by atoms with Gasteiger partial charge < -0.3 is 9.97 Å². The second-order valence-electron chi connectivity index (χ2n) is 4.75. The lowest BCUT2D eigenvalue weighted by Gasteiger charge is -2.14. The third-order valence-electron chi connectivity index (χ3n) is 3.34. The van der Waals surface area contributed by atoms with E-state index in [1.807, 2.05) is 43.3 Å². The van der Waals surface area contributed by atoms with Gasteiger partial charge in [-0.1, -0.05) is 39.7 Å². The van der Waals surface area contributed by atoms with Crippen LogP contribution in [0.25, 0.3) is 11.0 Å². The Balaban J connectivity index is 2.06. The van der Waals surface area contributed by atoms with Crippen LogP contribution in [0.5, 0.6) is 0 Å². The van der Waals surface area contributed by atoms with Crippen LogP contribution in [-0.4, -0.2) is 9.97 Å². The predicted molar refractivity (Wildman–Crippen MR) is 85.9 cm³/mol. The lowest BCUT2D eigenvalue weighted by atomic mass is 10.0. The number of aromatic amines is 2. The number of nitrogens with one attached hydrogen (secondary N) is 2. The van der Waals surface area contributed by atoms with E-state index in [9.17, 15) is 4.79 Å². The first kappa shape index (κ1) is 13.5. The topological polar surface area (TPSA) is 48.6 Å². The quantitative estimate of drug-likeness (QED) is 0.664. The highest BCUT2D eigenvalue weighted by molar-refractivity contribution is 9.09. The summed E-state index contributed by atoms with van der Waals surface area (Å²) in [6, 6.07) is 11.7. The maximum Gasteiger partial charge on any atom is 0.323 e. The summed E-state index contributed by atoms with van der Waals surface area (Å²) in [5.74, 6) is 0. The minimum absolute atomic E-state index is 0.0579. The van der Waals surface area contributed by atoms with E-state index >= 15 is 0 Å². The van der Waals surface area contributed by atoms with Crippen LogP contribution in [0, 0.1) is 6.92 Å². The normalized spacial score (nSPS) is 12.8. The molecule has 1 heterocycles. The molecule has 0 fully saturated rings. The Bertz CT molecular complexity index is 837. The van der Waals surface area contributed by atoms with E-state index in [1.165, 1.54) is 0 Å². The molecule has 0 saturated heterocycles. The number of aromatic nitrogens is 2. The van der Waals surface area contributed by atoms with Crippen molar-refractivity contribution in [1.29, 1.82) is 0 Å². The van der Waals surface area contributed by atoms with Gasteiger partial charge in [0, 0.05) is 5.02 Å². The largest absolute Gasteiger partial charge is 0.323 e. The molecule has 1 unspecified atom stereocenters. The number of fused-ring (bicyclic) bond motifs is 1. The molecule has 0 saturated carbocycles. The Morgan fingerprint density at radius 3 is 2.60 bits per heavy atom. The van der Waals surface area contributed by atoms with Gasteiger partial charge in [0.15, 0.2) is 0 Å². The van der Waals surface area contributed by atoms with Gasteiger partial charge in [0.2, 0.25) is 0 Å². The lowest BCUT2D eigenvalue weighted by molar-refractivity contribution is 1.15. The van der Waals surface area contributed by atoms with Gasteiger partial charge in [-0.2, -0.15) is 0 Å². The minimum Gasteiger partial charge on any atom is -0.306 e. The van der Waals surface area contributed by atoms with E-state index in [0.29, 0.717) is 0 Å². The maximum atomic E-state index is 11.3. The van der Waals surface area contributed by atoms with Crippen LogP contribution in [0.15, 0.2) is 41.2 Å².